The first-order valence-electron chi connectivity index (χ1n) is 11.2. The van der Waals surface area contributed by atoms with E-state index < -0.39 is 0 Å². The first kappa shape index (κ1) is 24.1. The summed E-state index contributed by atoms with van der Waals surface area (Å²) in [7, 11) is 1.67. The average Bonchev–Trinajstić information content (AvgIpc) is 3.11. The zero-order chi connectivity index (χ0) is 22.1. The fraction of sp³-hybridized carbons (Fsp3) is 0.600. The highest BCUT2D eigenvalue weighted by atomic mass is 16.5. The van der Waals surface area contributed by atoms with Crippen LogP contribution >= 0.6 is 0 Å². The molecule has 0 saturated heterocycles. The Morgan fingerprint density at radius 2 is 2.17 bits per heavy atom. The van der Waals surface area contributed by atoms with Crippen molar-refractivity contribution in [2.75, 3.05) is 19.0 Å². The van der Waals surface area contributed by atoms with Crippen molar-refractivity contribution in [3.05, 3.63) is 42.6 Å². The lowest BCUT2D eigenvalue weighted by Crippen LogP contribution is -2.37. The molecule has 1 aliphatic carbocycles. The summed E-state index contributed by atoms with van der Waals surface area (Å²) in [6, 6.07) is 1.92. The highest BCUT2D eigenvalue weighted by Gasteiger charge is 2.35. The van der Waals surface area contributed by atoms with Gasteiger partial charge < -0.3 is 10.1 Å². The third kappa shape index (κ3) is 6.69. The smallest absolute Gasteiger partial charge is 0.228 e. The minimum atomic E-state index is 0.0481. The van der Waals surface area contributed by atoms with E-state index in [1.54, 1.807) is 7.11 Å². The van der Waals surface area contributed by atoms with Crippen LogP contribution in [0.5, 0.6) is 0 Å². The number of aromatic nitrogens is 2. The predicted molar refractivity (Wildman–Crippen MR) is 125 cm³/mol. The molecule has 1 aliphatic rings. The third-order valence-electron chi connectivity index (χ3n) is 6.05. The van der Waals surface area contributed by atoms with Gasteiger partial charge in [0, 0.05) is 19.1 Å². The van der Waals surface area contributed by atoms with Gasteiger partial charge in [0.1, 0.15) is 5.82 Å². The summed E-state index contributed by atoms with van der Waals surface area (Å²) in [5.74, 6) is 2.40. The Hall–Kier alpha value is -2.14. The summed E-state index contributed by atoms with van der Waals surface area (Å²) in [4.78, 5) is 13.2. The van der Waals surface area contributed by atoms with Crippen molar-refractivity contribution in [2.45, 2.75) is 59.9 Å². The van der Waals surface area contributed by atoms with E-state index in [1.807, 2.05) is 29.8 Å². The molecule has 1 amide bonds. The van der Waals surface area contributed by atoms with Crippen LogP contribution in [0.3, 0.4) is 0 Å². The summed E-state index contributed by atoms with van der Waals surface area (Å²) in [6.45, 7) is 14.0. The number of ether oxygens (including phenoxy) is 1. The number of methoxy groups -OCH3 is 1. The molecule has 0 radical (unpaired) electrons. The van der Waals surface area contributed by atoms with Gasteiger partial charge in [0.15, 0.2) is 0 Å². The summed E-state index contributed by atoms with van der Waals surface area (Å²) in [6.07, 6.45) is 12.3. The maximum absolute atomic E-state index is 13.2. The lowest BCUT2D eigenvalue weighted by Gasteiger charge is -2.36. The minimum Gasteiger partial charge on any atom is -0.383 e. The monoisotopic (exact) mass is 413 g/mol. The Labute approximate surface area is 182 Å². The fourth-order valence-electron chi connectivity index (χ4n) is 4.26. The molecule has 0 aromatic carbocycles. The van der Waals surface area contributed by atoms with Crippen LogP contribution in [0.25, 0.3) is 5.57 Å². The molecular weight excluding hydrogens is 374 g/mol. The van der Waals surface area contributed by atoms with Crippen molar-refractivity contribution in [2.24, 2.45) is 23.7 Å². The molecule has 1 heterocycles. The molecule has 1 aromatic heterocycles. The molecule has 1 N–H and O–H groups in total. The maximum atomic E-state index is 13.2. The molecule has 0 spiro atoms. The van der Waals surface area contributed by atoms with Crippen LogP contribution in [0, 0.1) is 23.7 Å². The quantitative estimate of drug-likeness (QED) is 0.395. The van der Waals surface area contributed by atoms with E-state index in [2.05, 4.69) is 49.9 Å². The van der Waals surface area contributed by atoms with E-state index >= 15 is 0 Å². The molecule has 5 heteroatoms. The van der Waals surface area contributed by atoms with Gasteiger partial charge in [-0.25, -0.2) is 4.68 Å². The summed E-state index contributed by atoms with van der Waals surface area (Å²) in [5, 5.41) is 7.84. The Morgan fingerprint density at radius 3 is 2.83 bits per heavy atom. The number of anilines is 1. The van der Waals surface area contributed by atoms with Crippen LogP contribution in [0.4, 0.5) is 5.82 Å². The van der Waals surface area contributed by atoms with Crippen molar-refractivity contribution >= 4 is 17.3 Å². The van der Waals surface area contributed by atoms with Crippen molar-refractivity contribution in [1.82, 2.24) is 9.78 Å². The van der Waals surface area contributed by atoms with Gasteiger partial charge in [0.05, 0.1) is 18.8 Å². The largest absolute Gasteiger partial charge is 0.383 e. The van der Waals surface area contributed by atoms with Gasteiger partial charge in [-0.05, 0) is 49.5 Å². The van der Waals surface area contributed by atoms with Crippen LogP contribution < -0.4 is 5.32 Å². The van der Waals surface area contributed by atoms with Gasteiger partial charge in [-0.3, -0.25) is 4.79 Å². The van der Waals surface area contributed by atoms with Gasteiger partial charge in [0.2, 0.25) is 5.91 Å². The van der Waals surface area contributed by atoms with Gasteiger partial charge in [-0.1, -0.05) is 58.1 Å². The molecule has 3 atom stereocenters. The van der Waals surface area contributed by atoms with Crippen LogP contribution in [-0.2, 0) is 16.1 Å². The Kier molecular flexibility index (Phi) is 9.57. The Bertz CT molecular complexity index is 760. The highest BCUT2D eigenvalue weighted by Crippen LogP contribution is 2.38. The van der Waals surface area contributed by atoms with E-state index in [9.17, 15) is 4.79 Å². The fourth-order valence-corrected chi connectivity index (χ4v) is 4.26. The second-order valence-corrected chi connectivity index (χ2v) is 8.78. The minimum absolute atomic E-state index is 0.0481. The van der Waals surface area contributed by atoms with Crippen LogP contribution in [-0.4, -0.2) is 29.4 Å². The topological polar surface area (TPSA) is 56.2 Å². The van der Waals surface area contributed by atoms with Crippen LogP contribution in [0.2, 0.25) is 0 Å². The molecule has 1 fully saturated rings. The number of allylic oxidation sites excluding steroid dienone is 5. The number of amides is 1. The summed E-state index contributed by atoms with van der Waals surface area (Å²) in [5.41, 5.74) is 1.60. The SMILES string of the molecule is C=C(/C=C\C/C=C\C)c1cc(NC(=O)C2CC(C)CC[C@H]2C(C)C)n(CCOC)n1. The van der Waals surface area contributed by atoms with E-state index in [1.165, 1.54) is 6.42 Å². The average molecular weight is 414 g/mol. The highest BCUT2D eigenvalue weighted by molar-refractivity contribution is 5.92. The third-order valence-corrected chi connectivity index (χ3v) is 6.05. The van der Waals surface area contributed by atoms with Crippen molar-refractivity contribution in [3.8, 4) is 0 Å². The molecule has 30 heavy (non-hydrogen) atoms. The number of carbonyl (C=O) groups is 1. The second kappa shape index (κ2) is 11.9. The van der Waals surface area contributed by atoms with Crippen LogP contribution in [0.1, 0.15) is 59.1 Å². The number of nitrogens with zero attached hydrogens (tertiary/aromatic N) is 2. The Balaban J connectivity index is 2.19. The zero-order valence-electron chi connectivity index (χ0n) is 19.4. The number of carbonyl (C=O) groups excluding carboxylic acids is 1. The van der Waals surface area contributed by atoms with Crippen molar-refractivity contribution < 1.29 is 9.53 Å². The molecule has 166 valence electrons. The lowest BCUT2D eigenvalue weighted by molar-refractivity contribution is -0.124. The number of nitrogens with one attached hydrogen (secondary N) is 1. The first-order valence-corrected chi connectivity index (χ1v) is 11.2. The van der Waals surface area contributed by atoms with E-state index in [0.717, 1.165) is 36.3 Å². The standard InChI is InChI=1S/C25H39N3O2/c1-7-8-9-10-11-20(5)23-17-24(28(27-23)14-15-30-6)26-25(29)22-16-19(4)12-13-21(22)18(2)3/h7-8,10-11,17-19,21-22H,5,9,12-16H2,1-4,6H3,(H,26,29)/b8-7-,11-10-/t19?,21-,22?/m0/s1. The van der Waals surface area contributed by atoms with Gasteiger partial charge >= 0.3 is 0 Å². The van der Waals surface area contributed by atoms with Crippen molar-refractivity contribution in [3.63, 3.8) is 0 Å². The lowest BCUT2D eigenvalue weighted by atomic mass is 9.70. The second-order valence-electron chi connectivity index (χ2n) is 8.78. The molecule has 5 nitrogen and oxygen atoms in total. The predicted octanol–water partition coefficient (Wildman–Crippen LogP) is 5.71. The first-order chi connectivity index (χ1) is 14.4. The zero-order valence-corrected chi connectivity index (χ0v) is 19.4. The van der Waals surface area contributed by atoms with Gasteiger partial charge in [-0.2, -0.15) is 5.10 Å². The summed E-state index contributed by atoms with van der Waals surface area (Å²) >= 11 is 0. The van der Waals surface area contributed by atoms with E-state index in [4.69, 9.17) is 4.74 Å². The van der Waals surface area contributed by atoms with Gasteiger partial charge in [0.25, 0.3) is 0 Å². The molecular formula is C25H39N3O2. The van der Waals surface area contributed by atoms with E-state index in [0.29, 0.717) is 30.9 Å². The molecule has 2 rings (SSSR count). The van der Waals surface area contributed by atoms with Crippen LogP contribution in [0.15, 0.2) is 36.9 Å². The molecule has 1 saturated carbocycles. The maximum Gasteiger partial charge on any atom is 0.228 e. The molecule has 0 bridgehead atoms. The number of hydrogen-bond acceptors (Lipinski definition) is 3. The molecule has 2 unspecified atom stereocenters. The number of rotatable bonds is 10. The molecule has 1 aromatic rings. The van der Waals surface area contributed by atoms with Crippen molar-refractivity contribution in [1.29, 1.82) is 0 Å². The normalized spacial score (nSPS) is 22.3. The molecule has 0 aliphatic heterocycles. The van der Waals surface area contributed by atoms with Gasteiger partial charge in [-0.15, -0.1) is 0 Å². The Morgan fingerprint density at radius 1 is 1.40 bits per heavy atom. The number of hydrogen-bond donors (Lipinski definition) is 1. The van der Waals surface area contributed by atoms with E-state index in [-0.39, 0.29) is 11.8 Å². The summed E-state index contributed by atoms with van der Waals surface area (Å²) < 4.78 is 7.05.